The minimum Gasteiger partial charge on any atom is -0.377 e. The van der Waals surface area contributed by atoms with Crippen LogP contribution in [-0.4, -0.2) is 43.4 Å². The van der Waals surface area contributed by atoms with Crippen LogP contribution in [0.15, 0.2) is 18.2 Å². The van der Waals surface area contributed by atoms with E-state index >= 15 is 0 Å². The Bertz CT molecular complexity index is 611. The van der Waals surface area contributed by atoms with Gasteiger partial charge in [-0.2, -0.15) is 0 Å². The molecule has 24 heavy (non-hydrogen) atoms. The number of nitrogens with zero attached hydrogens (tertiary/aromatic N) is 2. The normalized spacial score (nSPS) is 15.8. The molecule has 1 fully saturated rings. The van der Waals surface area contributed by atoms with Gasteiger partial charge in [0.25, 0.3) is 0 Å². The van der Waals surface area contributed by atoms with Crippen molar-refractivity contribution in [2.45, 2.75) is 46.2 Å². The average Bonchev–Trinajstić information content (AvgIpc) is 2.90. The Morgan fingerprint density at radius 3 is 2.54 bits per heavy atom. The van der Waals surface area contributed by atoms with Crippen LogP contribution < -0.4 is 10.2 Å². The van der Waals surface area contributed by atoms with E-state index in [0.717, 1.165) is 12.0 Å². The zero-order valence-corrected chi connectivity index (χ0v) is 15.4. The lowest BCUT2D eigenvalue weighted by atomic mass is 10.0. The fourth-order valence-electron chi connectivity index (χ4n) is 3.39. The molecule has 1 N–H and O–H groups in total. The zero-order chi connectivity index (χ0) is 17.9. The second-order valence-corrected chi connectivity index (χ2v) is 7.11. The molecular formula is C19H29N3O2. The summed E-state index contributed by atoms with van der Waals surface area (Å²) in [5.74, 6) is 0.134. The number of anilines is 1. The van der Waals surface area contributed by atoms with E-state index < -0.39 is 0 Å². The van der Waals surface area contributed by atoms with E-state index in [4.69, 9.17) is 0 Å². The van der Waals surface area contributed by atoms with Crippen molar-refractivity contribution in [3.05, 3.63) is 29.3 Å². The lowest BCUT2D eigenvalue weighted by molar-refractivity contribution is -0.139. The summed E-state index contributed by atoms with van der Waals surface area (Å²) >= 11 is 0. The van der Waals surface area contributed by atoms with Crippen molar-refractivity contribution in [1.82, 2.24) is 10.2 Å². The predicted octanol–water partition coefficient (Wildman–Crippen LogP) is 2.32. The molecule has 2 rings (SSSR count). The highest BCUT2D eigenvalue weighted by Gasteiger charge is 2.34. The maximum Gasteiger partial charge on any atom is 0.243 e. The van der Waals surface area contributed by atoms with Crippen molar-refractivity contribution >= 4 is 17.5 Å². The van der Waals surface area contributed by atoms with E-state index in [1.54, 1.807) is 4.90 Å². The van der Waals surface area contributed by atoms with Crippen molar-refractivity contribution in [2.24, 2.45) is 5.92 Å². The molecule has 1 aliphatic rings. The molecule has 132 valence electrons. The van der Waals surface area contributed by atoms with Crippen LogP contribution in [0, 0.1) is 12.8 Å². The molecule has 0 bridgehead atoms. The summed E-state index contributed by atoms with van der Waals surface area (Å²) in [4.78, 5) is 28.4. The van der Waals surface area contributed by atoms with Crippen LogP contribution in [-0.2, 0) is 16.1 Å². The van der Waals surface area contributed by atoms with Crippen LogP contribution in [0.1, 0.15) is 37.8 Å². The summed E-state index contributed by atoms with van der Waals surface area (Å²) in [5.41, 5.74) is 3.43. The van der Waals surface area contributed by atoms with Gasteiger partial charge in [-0.3, -0.25) is 9.59 Å². The van der Waals surface area contributed by atoms with Gasteiger partial charge in [0, 0.05) is 39.3 Å². The van der Waals surface area contributed by atoms with Gasteiger partial charge < -0.3 is 15.1 Å². The number of hydrogen-bond acceptors (Lipinski definition) is 3. The monoisotopic (exact) mass is 331 g/mol. The molecule has 1 aliphatic heterocycles. The van der Waals surface area contributed by atoms with Crippen LogP contribution in [0.25, 0.3) is 0 Å². The molecule has 5 heteroatoms. The van der Waals surface area contributed by atoms with E-state index in [-0.39, 0.29) is 23.8 Å². The van der Waals surface area contributed by atoms with Gasteiger partial charge in [-0.05, 0) is 36.5 Å². The summed E-state index contributed by atoms with van der Waals surface area (Å²) in [6.45, 7) is 7.22. The highest BCUT2D eigenvalue weighted by Crippen LogP contribution is 2.21. The minimum atomic E-state index is -0.373. The van der Waals surface area contributed by atoms with Gasteiger partial charge in [0.2, 0.25) is 11.8 Å². The van der Waals surface area contributed by atoms with E-state index in [2.05, 4.69) is 29.3 Å². The standard InChI is InChI=1S/C19H29N3O2/c1-13(2)18(22-10-6-7-17(22)23)19(24)20-12-15-8-9-16(21(4)5)14(3)11-15/h8-9,11,13,18H,6-7,10,12H2,1-5H3,(H,20,24). The molecule has 0 aliphatic carbocycles. The van der Waals surface area contributed by atoms with E-state index in [0.29, 0.717) is 19.5 Å². The van der Waals surface area contributed by atoms with Crippen molar-refractivity contribution in [1.29, 1.82) is 0 Å². The number of carbonyl (C=O) groups is 2. The van der Waals surface area contributed by atoms with E-state index in [9.17, 15) is 9.59 Å². The molecule has 0 aromatic heterocycles. The quantitative estimate of drug-likeness (QED) is 0.870. The number of likely N-dealkylation sites (tertiary alicyclic amines) is 1. The molecule has 0 radical (unpaired) electrons. The van der Waals surface area contributed by atoms with Crippen LogP contribution in [0.4, 0.5) is 5.69 Å². The van der Waals surface area contributed by atoms with Gasteiger partial charge in [0.05, 0.1) is 0 Å². The van der Waals surface area contributed by atoms with E-state index in [1.165, 1.54) is 11.3 Å². The molecular weight excluding hydrogens is 302 g/mol. The highest BCUT2D eigenvalue weighted by molar-refractivity contribution is 5.88. The third-order valence-corrected chi connectivity index (χ3v) is 4.56. The number of rotatable bonds is 6. The van der Waals surface area contributed by atoms with Crippen molar-refractivity contribution in [3.63, 3.8) is 0 Å². The minimum absolute atomic E-state index is 0.0606. The average molecular weight is 331 g/mol. The van der Waals surface area contributed by atoms with Gasteiger partial charge in [0.15, 0.2) is 0 Å². The van der Waals surface area contributed by atoms with Crippen LogP contribution in [0.2, 0.25) is 0 Å². The SMILES string of the molecule is Cc1cc(CNC(=O)C(C(C)C)N2CCCC2=O)ccc1N(C)C. The van der Waals surface area contributed by atoms with Crippen molar-refractivity contribution in [3.8, 4) is 0 Å². The van der Waals surface area contributed by atoms with E-state index in [1.807, 2.05) is 34.0 Å². The number of aryl methyl sites for hydroxylation is 1. The molecule has 1 aromatic rings. The molecule has 0 saturated carbocycles. The summed E-state index contributed by atoms with van der Waals surface area (Å²) < 4.78 is 0. The Kier molecular flexibility index (Phi) is 5.86. The Morgan fingerprint density at radius 2 is 2.04 bits per heavy atom. The van der Waals surface area contributed by atoms with Crippen LogP contribution >= 0.6 is 0 Å². The molecule has 2 amide bonds. The summed E-state index contributed by atoms with van der Waals surface area (Å²) in [5, 5.41) is 3.01. The Labute approximate surface area is 145 Å². The number of hydrogen-bond donors (Lipinski definition) is 1. The van der Waals surface area contributed by atoms with Gasteiger partial charge >= 0.3 is 0 Å². The lowest BCUT2D eigenvalue weighted by Gasteiger charge is -2.30. The van der Waals surface area contributed by atoms with Gasteiger partial charge in [-0.15, -0.1) is 0 Å². The molecule has 1 saturated heterocycles. The Hall–Kier alpha value is -2.04. The Balaban J connectivity index is 2.03. The molecule has 1 atom stereocenters. The summed E-state index contributed by atoms with van der Waals surface area (Å²) in [6, 6.07) is 5.83. The van der Waals surface area contributed by atoms with Crippen LogP contribution in [0.3, 0.4) is 0 Å². The van der Waals surface area contributed by atoms with Crippen LogP contribution in [0.5, 0.6) is 0 Å². The number of nitrogens with one attached hydrogen (secondary N) is 1. The van der Waals surface area contributed by atoms with Gasteiger partial charge in [-0.1, -0.05) is 26.0 Å². The first-order chi connectivity index (χ1) is 11.3. The van der Waals surface area contributed by atoms with Gasteiger partial charge in [-0.25, -0.2) is 0 Å². The number of amides is 2. The molecule has 1 unspecified atom stereocenters. The number of benzene rings is 1. The maximum absolute atomic E-state index is 12.6. The molecule has 5 nitrogen and oxygen atoms in total. The summed E-state index contributed by atoms with van der Waals surface area (Å²) in [6.07, 6.45) is 1.40. The second-order valence-electron chi connectivity index (χ2n) is 7.11. The fraction of sp³-hybridized carbons (Fsp3) is 0.579. The van der Waals surface area contributed by atoms with Gasteiger partial charge in [0.1, 0.15) is 6.04 Å². The summed E-state index contributed by atoms with van der Waals surface area (Å²) in [7, 11) is 4.04. The largest absolute Gasteiger partial charge is 0.377 e. The Morgan fingerprint density at radius 1 is 1.33 bits per heavy atom. The van der Waals surface area contributed by atoms with Crippen molar-refractivity contribution in [2.75, 3.05) is 25.5 Å². The lowest BCUT2D eigenvalue weighted by Crippen LogP contribution is -2.50. The maximum atomic E-state index is 12.6. The predicted molar refractivity (Wildman–Crippen MR) is 96.9 cm³/mol. The third kappa shape index (κ3) is 4.08. The van der Waals surface area contributed by atoms with Crippen molar-refractivity contribution < 1.29 is 9.59 Å². The fourth-order valence-corrected chi connectivity index (χ4v) is 3.39. The first kappa shape index (κ1) is 18.3. The molecule has 0 spiro atoms. The molecule has 1 heterocycles. The highest BCUT2D eigenvalue weighted by atomic mass is 16.2. The third-order valence-electron chi connectivity index (χ3n) is 4.56. The first-order valence-electron chi connectivity index (χ1n) is 8.65. The zero-order valence-electron chi connectivity index (χ0n) is 15.4. The number of carbonyl (C=O) groups excluding carboxylic acids is 2. The molecule has 1 aromatic carbocycles. The second kappa shape index (κ2) is 7.69. The first-order valence-corrected chi connectivity index (χ1v) is 8.65. The topological polar surface area (TPSA) is 52.7 Å². The smallest absolute Gasteiger partial charge is 0.243 e.